The van der Waals surface area contributed by atoms with Gasteiger partial charge in [-0.3, -0.25) is 14.9 Å². The first-order valence-electron chi connectivity index (χ1n) is 8.42. The lowest BCUT2D eigenvalue weighted by molar-refractivity contribution is -0.122. The van der Waals surface area contributed by atoms with Crippen LogP contribution in [0.25, 0.3) is 0 Å². The van der Waals surface area contributed by atoms with E-state index in [4.69, 9.17) is 11.6 Å². The maximum atomic E-state index is 12.4. The summed E-state index contributed by atoms with van der Waals surface area (Å²) in [6.07, 6.45) is 3.58. The van der Waals surface area contributed by atoms with Crippen LogP contribution >= 0.6 is 22.9 Å². The highest BCUT2D eigenvalue weighted by Crippen LogP contribution is 2.37. The van der Waals surface area contributed by atoms with Gasteiger partial charge in [0.15, 0.2) is 5.13 Å². The number of rotatable bonds is 5. The number of hydrogen-bond donors (Lipinski definition) is 2. The minimum absolute atomic E-state index is 0.0312. The van der Waals surface area contributed by atoms with Crippen LogP contribution in [0.3, 0.4) is 0 Å². The SMILES string of the molecule is CCCNC(=O)C1CCCc2sc(NC(=O)c3ccc(Cl)cc3)nc21. The number of nitrogens with zero attached hydrogens (tertiary/aromatic N) is 1. The lowest BCUT2D eigenvalue weighted by Crippen LogP contribution is -2.31. The third-order valence-electron chi connectivity index (χ3n) is 4.15. The van der Waals surface area contributed by atoms with Crippen molar-refractivity contribution in [1.29, 1.82) is 0 Å². The number of aromatic nitrogens is 1. The Labute approximate surface area is 155 Å². The second-order valence-corrected chi connectivity index (χ2v) is 7.54. The van der Waals surface area contributed by atoms with Gasteiger partial charge in [-0.1, -0.05) is 18.5 Å². The number of halogens is 1. The fourth-order valence-electron chi connectivity index (χ4n) is 2.87. The number of carbonyl (C=O) groups is 2. The molecule has 0 spiro atoms. The van der Waals surface area contributed by atoms with Gasteiger partial charge >= 0.3 is 0 Å². The first-order chi connectivity index (χ1) is 12.1. The van der Waals surface area contributed by atoms with Crippen molar-refractivity contribution in [1.82, 2.24) is 10.3 Å². The van der Waals surface area contributed by atoms with Gasteiger partial charge in [0.1, 0.15) is 0 Å². The Morgan fingerprint density at radius 3 is 2.80 bits per heavy atom. The molecule has 3 rings (SSSR count). The van der Waals surface area contributed by atoms with E-state index in [2.05, 4.69) is 15.6 Å². The first kappa shape index (κ1) is 17.9. The average molecular weight is 378 g/mol. The minimum Gasteiger partial charge on any atom is -0.356 e. The van der Waals surface area contributed by atoms with E-state index in [9.17, 15) is 9.59 Å². The van der Waals surface area contributed by atoms with E-state index in [-0.39, 0.29) is 17.7 Å². The molecule has 0 bridgehead atoms. The van der Waals surface area contributed by atoms with Crippen LogP contribution in [0.4, 0.5) is 5.13 Å². The number of anilines is 1. The van der Waals surface area contributed by atoms with Crippen LogP contribution in [0, 0.1) is 0 Å². The smallest absolute Gasteiger partial charge is 0.257 e. The lowest BCUT2D eigenvalue weighted by atomic mass is 9.90. The van der Waals surface area contributed by atoms with Crippen molar-refractivity contribution in [2.75, 3.05) is 11.9 Å². The Balaban J connectivity index is 1.74. The molecule has 2 aromatic rings. The molecule has 0 radical (unpaired) electrons. The van der Waals surface area contributed by atoms with Crippen molar-refractivity contribution in [2.45, 2.75) is 38.5 Å². The summed E-state index contributed by atoms with van der Waals surface area (Å²) in [4.78, 5) is 30.3. The van der Waals surface area contributed by atoms with Gasteiger partial charge in [0.2, 0.25) is 5.91 Å². The number of nitrogens with one attached hydrogen (secondary N) is 2. The van der Waals surface area contributed by atoms with Gasteiger partial charge in [0.25, 0.3) is 5.91 Å². The average Bonchev–Trinajstić information content (AvgIpc) is 3.02. The van der Waals surface area contributed by atoms with Gasteiger partial charge in [0, 0.05) is 22.0 Å². The second-order valence-electron chi connectivity index (χ2n) is 6.02. The molecule has 25 heavy (non-hydrogen) atoms. The highest BCUT2D eigenvalue weighted by Gasteiger charge is 2.30. The molecule has 132 valence electrons. The molecule has 1 heterocycles. The quantitative estimate of drug-likeness (QED) is 0.827. The largest absolute Gasteiger partial charge is 0.356 e. The summed E-state index contributed by atoms with van der Waals surface area (Å²) in [5.74, 6) is -0.411. The van der Waals surface area contributed by atoms with Gasteiger partial charge in [-0.15, -0.1) is 11.3 Å². The number of hydrogen-bond acceptors (Lipinski definition) is 4. The van der Waals surface area contributed by atoms with Crippen LogP contribution in [-0.2, 0) is 11.2 Å². The van der Waals surface area contributed by atoms with Crippen LogP contribution in [0.5, 0.6) is 0 Å². The zero-order valence-corrected chi connectivity index (χ0v) is 15.5. The van der Waals surface area contributed by atoms with Crippen LogP contribution in [0.15, 0.2) is 24.3 Å². The molecule has 0 saturated heterocycles. The lowest BCUT2D eigenvalue weighted by Gasteiger charge is -2.20. The van der Waals surface area contributed by atoms with Gasteiger partial charge in [-0.2, -0.15) is 0 Å². The molecule has 1 aliphatic carbocycles. The monoisotopic (exact) mass is 377 g/mol. The van der Waals surface area contributed by atoms with E-state index in [1.54, 1.807) is 24.3 Å². The minimum atomic E-state index is -0.227. The van der Waals surface area contributed by atoms with Gasteiger partial charge < -0.3 is 5.32 Å². The van der Waals surface area contributed by atoms with Crippen LogP contribution in [-0.4, -0.2) is 23.3 Å². The molecule has 1 unspecified atom stereocenters. The molecule has 2 amide bonds. The van der Waals surface area contributed by atoms with E-state index in [0.29, 0.717) is 22.3 Å². The van der Waals surface area contributed by atoms with E-state index < -0.39 is 0 Å². The Kier molecular flexibility index (Phi) is 5.71. The summed E-state index contributed by atoms with van der Waals surface area (Å²) in [6.45, 7) is 2.70. The number of benzene rings is 1. The van der Waals surface area contributed by atoms with E-state index >= 15 is 0 Å². The predicted octanol–water partition coefficient (Wildman–Crippen LogP) is 3.99. The van der Waals surface area contributed by atoms with E-state index in [1.165, 1.54) is 11.3 Å². The molecule has 5 nitrogen and oxygen atoms in total. The maximum Gasteiger partial charge on any atom is 0.257 e. The molecular formula is C18H20ClN3O2S. The Morgan fingerprint density at radius 1 is 1.32 bits per heavy atom. The summed E-state index contributed by atoms with van der Waals surface area (Å²) < 4.78 is 0. The van der Waals surface area contributed by atoms with Crippen LogP contribution < -0.4 is 10.6 Å². The Hall–Kier alpha value is -1.92. The number of amides is 2. The number of carbonyl (C=O) groups excluding carboxylic acids is 2. The van der Waals surface area contributed by atoms with Gasteiger partial charge in [0.05, 0.1) is 11.6 Å². The molecule has 1 atom stereocenters. The fraction of sp³-hybridized carbons (Fsp3) is 0.389. The van der Waals surface area contributed by atoms with Crippen molar-refractivity contribution in [2.24, 2.45) is 0 Å². The summed E-state index contributed by atoms with van der Waals surface area (Å²) in [7, 11) is 0. The standard InChI is InChI=1S/C18H20ClN3O2S/c1-2-10-20-17(24)13-4-3-5-14-15(13)21-18(25-14)22-16(23)11-6-8-12(19)9-7-11/h6-9,13H,2-5,10H2,1H3,(H,20,24)(H,21,22,23). The molecule has 7 heteroatoms. The zero-order valence-electron chi connectivity index (χ0n) is 14.0. The van der Waals surface area contributed by atoms with Crippen molar-refractivity contribution < 1.29 is 9.59 Å². The summed E-state index contributed by atoms with van der Waals surface area (Å²) in [5, 5.41) is 6.91. The molecule has 0 saturated carbocycles. The van der Waals surface area contributed by atoms with Crippen LogP contribution in [0.2, 0.25) is 5.02 Å². The third-order valence-corrected chi connectivity index (χ3v) is 5.45. The zero-order chi connectivity index (χ0) is 17.8. The molecule has 2 N–H and O–H groups in total. The summed E-state index contributed by atoms with van der Waals surface area (Å²) in [6, 6.07) is 6.70. The first-order valence-corrected chi connectivity index (χ1v) is 9.62. The molecule has 0 aliphatic heterocycles. The number of thiazole rings is 1. The fourth-order valence-corrected chi connectivity index (χ4v) is 4.06. The predicted molar refractivity (Wildman–Crippen MR) is 100 cm³/mol. The van der Waals surface area contributed by atoms with Crippen molar-refractivity contribution in [3.8, 4) is 0 Å². The Bertz CT molecular complexity index is 773. The van der Waals surface area contributed by atoms with Gasteiger partial charge in [-0.25, -0.2) is 4.98 Å². The van der Waals surface area contributed by atoms with Crippen molar-refractivity contribution >= 4 is 39.9 Å². The highest BCUT2D eigenvalue weighted by atomic mass is 35.5. The van der Waals surface area contributed by atoms with E-state index in [0.717, 1.165) is 36.3 Å². The highest BCUT2D eigenvalue weighted by molar-refractivity contribution is 7.16. The topological polar surface area (TPSA) is 71.1 Å². The van der Waals surface area contributed by atoms with Crippen LogP contribution in [0.1, 0.15) is 53.0 Å². The molecule has 0 fully saturated rings. The third kappa shape index (κ3) is 4.19. The van der Waals surface area contributed by atoms with Crippen molar-refractivity contribution in [3.63, 3.8) is 0 Å². The molecule has 1 aliphatic rings. The second kappa shape index (κ2) is 7.97. The Morgan fingerprint density at radius 2 is 2.08 bits per heavy atom. The molecule has 1 aromatic heterocycles. The summed E-state index contributed by atoms with van der Waals surface area (Å²) >= 11 is 7.30. The maximum absolute atomic E-state index is 12.4. The molecule has 1 aromatic carbocycles. The van der Waals surface area contributed by atoms with Gasteiger partial charge in [-0.05, 0) is 49.9 Å². The number of aryl methyl sites for hydroxylation is 1. The molecular weight excluding hydrogens is 358 g/mol. The summed E-state index contributed by atoms with van der Waals surface area (Å²) in [5.41, 5.74) is 1.34. The number of fused-ring (bicyclic) bond motifs is 1. The van der Waals surface area contributed by atoms with E-state index in [1.807, 2.05) is 6.92 Å². The normalized spacial score (nSPS) is 16.2. The van der Waals surface area contributed by atoms with Crippen molar-refractivity contribution in [3.05, 3.63) is 45.4 Å².